The molecule has 7 nitrogen and oxygen atoms in total. The van der Waals surface area contributed by atoms with Crippen LogP contribution < -0.4 is 11.1 Å². The molecule has 1 heterocycles. The van der Waals surface area contributed by atoms with Crippen LogP contribution >= 0.6 is 0 Å². The van der Waals surface area contributed by atoms with Crippen molar-refractivity contribution in [2.45, 2.75) is 46.0 Å². The first-order valence-corrected chi connectivity index (χ1v) is 8.33. The molecule has 1 rings (SSSR count). The standard InChI is InChI=1S/C16H29N3O4/c1-11(2)9-13(15(21)22)10-18-16(23)19-7-5-12(6-8-19)3-4-14(17)20/h11-13H,3-10H2,1-2H3,(H2,17,20)(H,18,23)(H,21,22). The van der Waals surface area contributed by atoms with Crippen LogP contribution in [-0.2, 0) is 9.59 Å². The van der Waals surface area contributed by atoms with E-state index in [4.69, 9.17) is 5.73 Å². The molecule has 23 heavy (non-hydrogen) atoms. The highest BCUT2D eigenvalue weighted by Crippen LogP contribution is 2.21. The zero-order chi connectivity index (χ0) is 17.4. The van der Waals surface area contributed by atoms with E-state index in [0.717, 1.165) is 19.3 Å². The van der Waals surface area contributed by atoms with Gasteiger partial charge in [0.05, 0.1) is 5.92 Å². The number of hydrogen-bond acceptors (Lipinski definition) is 3. The van der Waals surface area contributed by atoms with E-state index in [1.807, 2.05) is 13.8 Å². The lowest BCUT2D eigenvalue weighted by Crippen LogP contribution is -2.46. The minimum absolute atomic E-state index is 0.161. The largest absolute Gasteiger partial charge is 0.481 e. The molecule has 0 saturated carbocycles. The van der Waals surface area contributed by atoms with Gasteiger partial charge in [-0.05, 0) is 37.5 Å². The summed E-state index contributed by atoms with van der Waals surface area (Å²) in [7, 11) is 0. The van der Waals surface area contributed by atoms with Crippen molar-refractivity contribution >= 4 is 17.9 Å². The Morgan fingerprint density at radius 3 is 2.35 bits per heavy atom. The minimum atomic E-state index is -0.871. The van der Waals surface area contributed by atoms with Crippen molar-refractivity contribution in [2.75, 3.05) is 19.6 Å². The summed E-state index contributed by atoms with van der Waals surface area (Å²) in [4.78, 5) is 35.8. The van der Waals surface area contributed by atoms with Crippen LogP contribution in [0.3, 0.4) is 0 Å². The molecule has 1 unspecified atom stereocenters. The predicted octanol–water partition coefficient (Wildman–Crippen LogP) is 1.42. The van der Waals surface area contributed by atoms with Crippen LogP contribution in [0.15, 0.2) is 0 Å². The van der Waals surface area contributed by atoms with E-state index in [1.54, 1.807) is 4.90 Å². The second kappa shape index (κ2) is 9.37. The fourth-order valence-electron chi connectivity index (χ4n) is 2.93. The molecule has 0 aromatic rings. The molecule has 0 aromatic heterocycles. The average molecular weight is 327 g/mol. The summed E-state index contributed by atoms with van der Waals surface area (Å²) in [5.41, 5.74) is 5.15. The Morgan fingerprint density at radius 2 is 1.87 bits per heavy atom. The summed E-state index contributed by atoms with van der Waals surface area (Å²) < 4.78 is 0. The van der Waals surface area contributed by atoms with Gasteiger partial charge in [-0.25, -0.2) is 4.79 Å². The van der Waals surface area contributed by atoms with Crippen molar-refractivity contribution in [1.82, 2.24) is 10.2 Å². The first-order chi connectivity index (χ1) is 10.8. The topological polar surface area (TPSA) is 113 Å². The Hall–Kier alpha value is -1.79. The number of piperidine rings is 1. The molecule has 0 bridgehead atoms. The lowest BCUT2D eigenvalue weighted by Gasteiger charge is -2.32. The Balaban J connectivity index is 2.33. The van der Waals surface area contributed by atoms with Gasteiger partial charge in [-0.15, -0.1) is 0 Å². The SMILES string of the molecule is CC(C)CC(CNC(=O)N1CCC(CCC(N)=O)CC1)C(=O)O. The van der Waals surface area contributed by atoms with Gasteiger partial charge in [0.15, 0.2) is 0 Å². The van der Waals surface area contributed by atoms with Gasteiger partial charge in [0, 0.05) is 26.1 Å². The highest BCUT2D eigenvalue weighted by molar-refractivity contribution is 5.76. The summed E-state index contributed by atoms with van der Waals surface area (Å²) in [6.45, 7) is 5.37. The molecule has 3 amide bonds. The monoisotopic (exact) mass is 327 g/mol. The number of amides is 3. The number of nitrogens with two attached hydrogens (primary N) is 1. The van der Waals surface area contributed by atoms with E-state index in [1.165, 1.54) is 0 Å². The predicted molar refractivity (Wildman–Crippen MR) is 86.7 cm³/mol. The van der Waals surface area contributed by atoms with Crippen LogP contribution in [-0.4, -0.2) is 47.5 Å². The normalized spacial score (nSPS) is 17.1. The van der Waals surface area contributed by atoms with E-state index in [9.17, 15) is 19.5 Å². The summed E-state index contributed by atoms with van der Waals surface area (Å²) in [5.74, 6) is -1.00. The lowest BCUT2D eigenvalue weighted by atomic mass is 9.92. The molecule has 7 heteroatoms. The molecule has 132 valence electrons. The number of carboxylic acids is 1. The molecule has 4 N–H and O–H groups in total. The number of nitrogens with one attached hydrogen (secondary N) is 1. The first kappa shape index (κ1) is 19.3. The third kappa shape index (κ3) is 7.34. The van der Waals surface area contributed by atoms with Gasteiger partial charge in [0.1, 0.15) is 0 Å². The van der Waals surface area contributed by atoms with Crippen LogP contribution in [0.2, 0.25) is 0 Å². The number of nitrogens with zero attached hydrogens (tertiary/aromatic N) is 1. The maximum atomic E-state index is 12.1. The van der Waals surface area contributed by atoms with Crippen molar-refractivity contribution in [1.29, 1.82) is 0 Å². The van der Waals surface area contributed by atoms with Gasteiger partial charge in [-0.1, -0.05) is 13.8 Å². The number of likely N-dealkylation sites (tertiary alicyclic amines) is 1. The van der Waals surface area contributed by atoms with Crippen LogP contribution in [0.25, 0.3) is 0 Å². The molecule has 0 aromatic carbocycles. The molecule has 0 aliphatic carbocycles. The molecule has 1 saturated heterocycles. The maximum Gasteiger partial charge on any atom is 0.317 e. The van der Waals surface area contributed by atoms with Gasteiger partial charge in [-0.3, -0.25) is 9.59 Å². The van der Waals surface area contributed by atoms with Crippen molar-refractivity contribution < 1.29 is 19.5 Å². The fourth-order valence-corrected chi connectivity index (χ4v) is 2.93. The summed E-state index contributed by atoms with van der Waals surface area (Å²) >= 11 is 0. The third-order valence-corrected chi connectivity index (χ3v) is 4.31. The van der Waals surface area contributed by atoms with Crippen molar-refractivity contribution in [3.05, 3.63) is 0 Å². The smallest absolute Gasteiger partial charge is 0.317 e. The lowest BCUT2D eigenvalue weighted by molar-refractivity contribution is -0.142. The van der Waals surface area contributed by atoms with E-state index >= 15 is 0 Å². The number of carboxylic acid groups (broad SMARTS) is 1. The molecule has 1 fully saturated rings. The fraction of sp³-hybridized carbons (Fsp3) is 0.812. The average Bonchev–Trinajstić information content (AvgIpc) is 2.49. The Bertz CT molecular complexity index is 418. The third-order valence-electron chi connectivity index (χ3n) is 4.31. The zero-order valence-corrected chi connectivity index (χ0v) is 14.1. The van der Waals surface area contributed by atoms with Crippen molar-refractivity contribution in [3.63, 3.8) is 0 Å². The van der Waals surface area contributed by atoms with Crippen LogP contribution in [0.1, 0.15) is 46.0 Å². The molecule has 1 aliphatic heterocycles. The van der Waals surface area contributed by atoms with Crippen LogP contribution in [0, 0.1) is 17.8 Å². The van der Waals surface area contributed by atoms with E-state index in [0.29, 0.717) is 31.8 Å². The second-order valence-electron chi connectivity index (χ2n) is 6.79. The second-order valence-corrected chi connectivity index (χ2v) is 6.79. The number of carbonyl (C=O) groups is 3. The van der Waals surface area contributed by atoms with Crippen molar-refractivity contribution in [3.8, 4) is 0 Å². The first-order valence-electron chi connectivity index (χ1n) is 8.33. The number of aliphatic carboxylic acids is 1. The molecule has 0 radical (unpaired) electrons. The van der Waals surface area contributed by atoms with Crippen LogP contribution in [0.5, 0.6) is 0 Å². The Morgan fingerprint density at radius 1 is 1.26 bits per heavy atom. The summed E-state index contributed by atoms with van der Waals surface area (Å²) in [6.07, 6.45) is 3.43. The van der Waals surface area contributed by atoms with Crippen LogP contribution in [0.4, 0.5) is 4.79 Å². The van der Waals surface area contributed by atoms with E-state index in [-0.39, 0.29) is 24.4 Å². The van der Waals surface area contributed by atoms with E-state index < -0.39 is 11.9 Å². The summed E-state index contributed by atoms with van der Waals surface area (Å²) in [5, 5.41) is 11.9. The number of rotatable bonds is 8. The highest BCUT2D eigenvalue weighted by atomic mass is 16.4. The summed E-state index contributed by atoms with van der Waals surface area (Å²) in [6, 6.07) is -0.201. The van der Waals surface area contributed by atoms with Gasteiger partial charge in [-0.2, -0.15) is 0 Å². The molecule has 0 spiro atoms. The zero-order valence-electron chi connectivity index (χ0n) is 14.1. The number of primary amides is 1. The molecular weight excluding hydrogens is 298 g/mol. The van der Waals surface area contributed by atoms with Gasteiger partial charge in [0.2, 0.25) is 5.91 Å². The number of urea groups is 1. The van der Waals surface area contributed by atoms with Crippen molar-refractivity contribution in [2.24, 2.45) is 23.5 Å². The minimum Gasteiger partial charge on any atom is -0.481 e. The van der Waals surface area contributed by atoms with Gasteiger partial charge >= 0.3 is 12.0 Å². The molecular formula is C16H29N3O4. The van der Waals surface area contributed by atoms with Gasteiger partial charge in [0.25, 0.3) is 0 Å². The highest BCUT2D eigenvalue weighted by Gasteiger charge is 2.25. The van der Waals surface area contributed by atoms with E-state index in [2.05, 4.69) is 5.32 Å². The number of hydrogen-bond donors (Lipinski definition) is 3. The van der Waals surface area contributed by atoms with Gasteiger partial charge < -0.3 is 21.1 Å². The number of carbonyl (C=O) groups excluding carboxylic acids is 2. The Labute approximate surface area is 137 Å². The molecule has 1 atom stereocenters. The maximum absolute atomic E-state index is 12.1. The Kier molecular flexibility index (Phi) is 7.85. The molecule has 1 aliphatic rings. The quantitative estimate of drug-likeness (QED) is 0.625.